The molecule has 0 radical (unpaired) electrons. The van der Waals surface area contributed by atoms with E-state index < -0.39 is 8.07 Å². The Morgan fingerprint density at radius 2 is 1.29 bits per heavy atom. The molecule has 1 heterocycles. The number of hydrazine groups is 1. The second-order valence-electron chi connectivity index (χ2n) is 5.16. The summed E-state index contributed by atoms with van der Waals surface area (Å²) in [7, 11) is -0.610. The van der Waals surface area contributed by atoms with Crippen LogP contribution < -0.4 is 16.0 Å². The summed E-state index contributed by atoms with van der Waals surface area (Å²) < 4.78 is 2.20. The number of hydrogen-bond acceptors (Lipinski definition) is 2. The second-order valence-corrected chi connectivity index (χ2v) is 7.24. The van der Waals surface area contributed by atoms with E-state index in [1.54, 1.807) is 0 Å². The highest BCUT2D eigenvalue weighted by molar-refractivity contribution is 7.70. The van der Waals surface area contributed by atoms with Gasteiger partial charge < -0.3 is 5.43 Å². The Hall–Kier alpha value is -2.05. The minimum Gasteiger partial charge on any atom is -0.302 e. The molecule has 0 spiro atoms. The van der Waals surface area contributed by atoms with Crippen LogP contribution >= 0.6 is 8.07 Å². The molecule has 2 aromatic carbocycles. The molecule has 0 unspecified atom stereocenters. The normalized spacial score (nSPS) is 13.6. The lowest BCUT2D eigenvalue weighted by Gasteiger charge is -2.32. The molecule has 0 fully saturated rings. The summed E-state index contributed by atoms with van der Waals surface area (Å²) in [6.45, 7) is 4.25. The summed E-state index contributed by atoms with van der Waals surface area (Å²) in [6.07, 6.45) is 8.14. The highest BCUT2D eigenvalue weighted by atomic mass is 31.1. The zero-order valence-corrected chi connectivity index (χ0v) is 13.2. The second kappa shape index (κ2) is 6.15. The van der Waals surface area contributed by atoms with Crippen LogP contribution in [-0.2, 0) is 0 Å². The van der Waals surface area contributed by atoms with Crippen molar-refractivity contribution in [3.05, 3.63) is 84.2 Å². The summed E-state index contributed by atoms with van der Waals surface area (Å²) in [5, 5.41) is 2.68. The third-order valence-electron chi connectivity index (χ3n) is 3.41. The van der Waals surface area contributed by atoms with Crippen molar-refractivity contribution in [1.82, 2.24) is 10.2 Å². The van der Waals surface area contributed by atoms with Gasteiger partial charge in [0.05, 0.1) is 8.07 Å². The van der Waals surface area contributed by atoms with Crippen molar-refractivity contribution in [3.8, 4) is 0 Å². The van der Waals surface area contributed by atoms with E-state index in [1.165, 1.54) is 21.7 Å². The third kappa shape index (κ3) is 3.17. The summed E-state index contributed by atoms with van der Waals surface area (Å²) in [5.74, 6) is 0. The van der Waals surface area contributed by atoms with Gasteiger partial charge in [-0.1, -0.05) is 59.7 Å². The smallest absolute Gasteiger partial charge is 0.0773 e. The van der Waals surface area contributed by atoms with Crippen molar-refractivity contribution in [2.75, 3.05) is 0 Å². The van der Waals surface area contributed by atoms with Gasteiger partial charge in [-0.25, -0.2) is 0 Å². The highest BCUT2D eigenvalue weighted by Crippen LogP contribution is 2.37. The third-order valence-corrected chi connectivity index (χ3v) is 5.67. The summed E-state index contributed by atoms with van der Waals surface area (Å²) in [4.78, 5) is 0. The Labute approximate surface area is 127 Å². The Balaban J connectivity index is 2.01. The fourth-order valence-corrected chi connectivity index (χ4v) is 4.29. The molecular formula is C18H19N2P. The van der Waals surface area contributed by atoms with Gasteiger partial charge in [0.25, 0.3) is 0 Å². The van der Waals surface area contributed by atoms with E-state index in [0.717, 1.165) is 0 Å². The van der Waals surface area contributed by atoms with Crippen LogP contribution in [0.2, 0.25) is 0 Å². The van der Waals surface area contributed by atoms with Crippen molar-refractivity contribution >= 4 is 18.7 Å². The molecule has 0 aliphatic carbocycles. The quantitative estimate of drug-likeness (QED) is 0.872. The van der Waals surface area contributed by atoms with Crippen LogP contribution in [0.3, 0.4) is 0 Å². The number of hydrogen-bond donors (Lipinski definition) is 1. The van der Waals surface area contributed by atoms with Crippen molar-refractivity contribution in [2.24, 2.45) is 0 Å². The molecule has 1 aliphatic rings. The number of benzene rings is 2. The average Bonchev–Trinajstić information content (AvgIpc) is 2.52. The fourth-order valence-electron chi connectivity index (χ4n) is 2.24. The first kappa shape index (κ1) is 13.9. The Kier molecular flexibility index (Phi) is 4.08. The van der Waals surface area contributed by atoms with Gasteiger partial charge in [0.2, 0.25) is 0 Å². The molecule has 2 aromatic rings. The van der Waals surface area contributed by atoms with Crippen molar-refractivity contribution in [1.29, 1.82) is 0 Å². The topological polar surface area (TPSA) is 15.3 Å². The molecule has 0 saturated carbocycles. The summed E-state index contributed by atoms with van der Waals surface area (Å²) >= 11 is 0. The van der Waals surface area contributed by atoms with Crippen LogP contribution in [0.1, 0.15) is 11.1 Å². The van der Waals surface area contributed by atoms with Crippen molar-refractivity contribution < 1.29 is 0 Å². The summed E-state index contributed by atoms with van der Waals surface area (Å²) in [5.41, 5.74) is 5.92. The minimum atomic E-state index is -0.610. The van der Waals surface area contributed by atoms with Crippen molar-refractivity contribution in [2.45, 2.75) is 13.8 Å². The van der Waals surface area contributed by atoms with Gasteiger partial charge in [-0.15, -0.1) is 0 Å². The first-order valence-corrected chi connectivity index (χ1v) is 8.35. The Morgan fingerprint density at radius 1 is 0.762 bits per heavy atom. The monoisotopic (exact) mass is 294 g/mol. The van der Waals surface area contributed by atoms with Crippen LogP contribution in [0.5, 0.6) is 0 Å². The number of aryl methyl sites for hydroxylation is 2. The standard InChI is InChI=1S/C18H19N2P/c1-15-5-9-17(10-6-15)21(20-14-4-3-13-19-20)18-11-7-16(2)8-12-18/h3-14,19H,1-2H3. The van der Waals surface area contributed by atoms with E-state index >= 15 is 0 Å². The molecule has 3 rings (SSSR count). The molecule has 2 nitrogen and oxygen atoms in total. The minimum absolute atomic E-state index is 0.610. The highest BCUT2D eigenvalue weighted by Gasteiger charge is 2.20. The fraction of sp³-hybridized carbons (Fsp3) is 0.111. The molecule has 106 valence electrons. The predicted molar refractivity (Wildman–Crippen MR) is 91.8 cm³/mol. The first-order valence-electron chi connectivity index (χ1n) is 7.06. The average molecular weight is 294 g/mol. The Bertz CT molecular complexity index is 611. The molecule has 1 aliphatic heterocycles. The summed E-state index contributed by atoms with van der Waals surface area (Å²) in [6, 6.07) is 17.7. The molecule has 1 N–H and O–H groups in total. The van der Waals surface area contributed by atoms with E-state index in [2.05, 4.69) is 84.9 Å². The predicted octanol–water partition coefficient (Wildman–Crippen LogP) is 3.50. The number of allylic oxidation sites excluding steroid dienone is 2. The molecule has 0 atom stereocenters. The number of nitrogens with one attached hydrogen (secondary N) is 1. The molecular weight excluding hydrogens is 275 g/mol. The Morgan fingerprint density at radius 3 is 1.71 bits per heavy atom. The van der Waals surface area contributed by atoms with Crippen LogP contribution in [0.25, 0.3) is 0 Å². The SMILES string of the molecule is Cc1ccc(P(c2ccc(C)cc2)N2C=CC=CN2)cc1. The zero-order chi connectivity index (χ0) is 14.7. The first-order chi connectivity index (χ1) is 10.2. The maximum Gasteiger partial charge on any atom is 0.0773 e. The molecule has 21 heavy (non-hydrogen) atoms. The van der Waals surface area contributed by atoms with Gasteiger partial charge in [-0.3, -0.25) is 4.78 Å². The lowest BCUT2D eigenvalue weighted by Crippen LogP contribution is -2.33. The van der Waals surface area contributed by atoms with Gasteiger partial charge in [0, 0.05) is 23.0 Å². The van der Waals surface area contributed by atoms with Gasteiger partial charge in [-0.2, -0.15) is 0 Å². The van der Waals surface area contributed by atoms with Crippen molar-refractivity contribution in [3.63, 3.8) is 0 Å². The van der Waals surface area contributed by atoms with Gasteiger partial charge in [0.15, 0.2) is 0 Å². The van der Waals surface area contributed by atoms with Crippen LogP contribution in [0, 0.1) is 13.8 Å². The van der Waals surface area contributed by atoms with E-state index in [1.807, 2.05) is 12.3 Å². The molecule has 0 saturated heterocycles. The van der Waals surface area contributed by atoms with Crippen LogP contribution in [0.4, 0.5) is 0 Å². The zero-order valence-electron chi connectivity index (χ0n) is 12.3. The van der Waals surface area contributed by atoms with Gasteiger partial charge >= 0.3 is 0 Å². The van der Waals surface area contributed by atoms with Gasteiger partial charge in [-0.05, 0) is 26.0 Å². The van der Waals surface area contributed by atoms with Crippen LogP contribution in [0.15, 0.2) is 73.1 Å². The number of rotatable bonds is 3. The van der Waals surface area contributed by atoms with E-state index in [9.17, 15) is 0 Å². The maximum absolute atomic E-state index is 3.34. The largest absolute Gasteiger partial charge is 0.302 e. The molecule has 3 heteroatoms. The van der Waals surface area contributed by atoms with Crippen LogP contribution in [-0.4, -0.2) is 4.78 Å². The molecule has 0 bridgehead atoms. The number of nitrogens with zero attached hydrogens (tertiary/aromatic N) is 1. The maximum atomic E-state index is 3.34. The lowest BCUT2D eigenvalue weighted by atomic mass is 10.2. The molecule has 0 amide bonds. The van der Waals surface area contributed by atoms with E-state index in [-0.39, 0.29) is 0 Å². The van der Waals surface area contributed by atoms with E-state index in [4.69, 9.17) is 0 Å². The van der Waals surface area contributed by atoms with Gasteiger partial charge in [0.1, 0.15) is 0 Å². The lowest BCUT2D eigenvalue weighted by molar-refractivity contribution is 0.523. The molecule has 0 aromatic heterocycles. The van der Waals surface area contributed by atoms with E-state index in [0.29, 0.717) is 0 Å².